The van der Waals surface area contributed by atoms with Gasteiger partial charge in [0.05, 0.1) is 4.92 Å². The largest absolute Gasteiger partial charge is 0.316 e. The first-order valence-electron chi connectivity index (χ1n) is 6.89. The third kappa shape index (κ3) is 3.29. The molecule has 0 aliphatic carbocycles. The molecule has 0 radical (unpaired) electrons. The third-order valence-corrected chi connectivity index (χ3v) is 4.34. The van der Waals surface area contributed by atoms with Crippen LogP contribution in [0.2, 0.25) is 0 Å². The lowest BCUT2D eigenvalue weighted by Gasteiger charge is -2.34. The Morgan fingerprint density at radius 2 is 1.95 bits per heavy atom. The summed E-state index contributed by atoms with van der Waals surface area (Å²) in [6.45, 7) is 5.51. The molecule has 0 spiro atoms. The van der Waals surface area contributed by atoms with Gasteiger partial charge in [0.25, 0.3) is 5.69 Å². The fourth-order valence-corrected chi connectivity index (χ4v) is 3.24. The molecule has 2 fully saturated rings. The lowest BCUT2D eigenvalue weighted by atomic mass is 9.88. The van der Waals surface area contributed by atoms with E-state index in [4.69, 9.17) is 0 Å². The Balaban J connectivity index is 0.00000147. The van der Waals surface area contributed by atoms with Crippen molar-refractivity contribution in [1.29, 1.82) is 0 Å². The molecule has 0 aromatic heterocycles. The van der Waals surface area contributed by atoms with E-state index in [2.05, 4.69) is 10.2 Å². The number of hydrogen-bond donors (Lipinski definition) is 1. The minimum Gasteiger partial charge on any atom is -0.316 e. The number of fused-ring (bicyclic) bond motifs is 1. The number of nitrogens with zero attached hydrogens (tertiary/aromatic N) is 2. The average Bonchev–Trinajstić information content (AvgIpc) is 2.87. The van der Waals surface area contributed by atoms with Crippen molar-refractivity contribution in [2.45, 2.75) is 13.0 Å². The molecule has 0 amide bonds. The summed E-state index contributed by atoms with van der Waals surface area (Å²) in [5, 5.41) is 14.1. The summed E-state index contributed by atoms with van der Waals surface area (Å²) in [7, 11) is 0. The lowest BCUT2D eigenvalue weighted by molar-refractivity contribution is -0.384. The summed E-state index contributed by atoms with van der Waals surface area (Å²) in [5.74, 6) is 1.64. The molecule has 1 N–H and O–H groups in total. The molecule has 1 aromatic carbocycles. The fourth-order valence-electron chi connectivity index (χ4n) is 3.24. The van der Waals surface area contributed by atoms with Crippen LogP contribution in [-0.4, -0.2) is 36.0 Å². The van der Waals surface area contributed by atoms with E-state index in [1.807, 2.05) is 12.1 Å². The van der Waals surface area contributed by atoms with Crippen molar-refractivity contribution in [2.24, 2.45) is 11.8 Å². The van der Waals surface area contributed by atoms with Crippen LogP contribution >= 0.6 is 12.4 Å². The van der Waals surface area contributed by atoms with Gasteiger partial charge < -0.3 is 5.32 Å². The van der Waals surface area contributed by atoms with Crippen molar-refractivity contribution in [2.75, 3.05) is 26.2 Å². The summed E-state index contributed by atoms with van der Waals surface area (Å²) in [6, 6.07) is 6.94. The molecule has 0 bridgehead atoms. The van der Waals surface area contributed by atoms with Crippen molar-refractivity contribution in [3.05, 3.63) is 39.9 Å². The first-order valence-corrected chi connectivity index (χ1v) is 6.89. The first kappa shape index (κ1) is 15.2. The number of nitrogens with one attached hydrogen (secondary N) is 1. The Labute approximate surface area is 124 Å². The number of nitro groups is 1. The minimum atomic E-state index is -0.348. The number of hydrogen-bond acceptors (Lipinski definition) is 4. The molecule has 6 heteroatoms. The molecular formula is C14H20ClN3O2. The third-order valence-electron chi connectivity index (χ3n) is 4.34. The molecule has 1 aromatic rings. The van der Waals surface area contributed by atoms with Gasteiger partial charge in [-0.25, -0.2) is 0 Å². The Hall–Kier alpha value is -1.17. The molecule has 3 rings (SSSR count). The SMILES string of the molecule is Cl.O=[N+]([O-])c1ccc(CN2CCC3CNCC3C2)cc1. The highest BCUT2D eigenvalue weighted by atomic mass is 35.5. The zero-order valence-corrected chi connectivity index (χ0v) is 12.1. The number of nitro benzene ring substituents is 1. The van der Waals surface area contributed by atoms with Gasteiger partial charge in [0.15, 0.2) is 0 Å². The Bertz CT molecular complexity index is 466. The molecule has 0 saturated carbocycles. The maximum absolute atomic E-state index is 10.6. The molecule has 5 nitrogen and oxygen atoms in total. The molecular weight excluding hydrogens is 278 g/mol. The van der Waals surface area contributed by atoms with Gasteiger partial charge in [-0.1, -0.05) is 12.1 Å². The second-order valence-corrected chi connectivity index (χ2v) is 5.63. The number of non-ortho nitro benzene ring substituents is 1. The van der Waals surface area contributed by atoms with Crippen molar-refractivity contribution in [3.8, 4) is 0 Å². The highest BCUT2D eigenvalue weighted by Gasteiger charge is 2.32. The van der Waals surface area contributed by atoms with Gasteiger partial charge in [0, 0.05) is 25.2 Å². The predicted molar refractivity (Wildman–Crippen MR) is 80.1 cm³/mol. The van der Waals surface area contributed by atoms with E-state index in [0.29, 0.717) is 0 Å². The van der Waals surface area contributed by atoms with Crippen LogP contribution in [0.15, 0.2) is 24.3 Å². The van der Waals surface area contributed by atoms with E-state index in [9.17, 15) is 10.1 Å². The van der Waals surface area contributed by atoms with Crippen LogP contribution in [0.3, 0.4) is 0 Å². The monoisotopic (exact) mass is 297 g/mol. The van der Waals surface area contributed by atoms with Gasteiger partial charge in [-0.2, -0.15) is 0 Å². The zero-order chi connectivity index (χ0) is 13.2. The summed E-state index contributed by atoms with van der Waals surface area (Å²) in [5.41, 5.74) is 1.33. The predicted octanol–water partition coefficient (Wildman–Crippen LogP) is 2.06. The molecule has 20 heavy (non-hydrogen) atoms. The molecule has 2 unspecified atom stereocenters. The summed E-state index contributed by atoms with van der Waals surface area (Å²) in [4.78, 5) is 12.7. The van der Waals surface area contributed by atoms with Crippen LogP contribution in [0.1, 0.15) is 12.0 Å². The van der Waals surface area contributed by atoms with Gasteiger partial charge in [-0.15, -0.1) is 12.4 Å². The summed E-state index contributed by atoms with van der Waals surface area (Å²) in [6.07, 6.45) is 1.27. The topological polar surface area (TPSA) is 58.4 Å². The minimum absolute atomic E-state index is 0. The standard InChI is InChI=1S/C14H19N3O2.ClH/c18-17(19)14-3-1-11(2-4-14)9-16-6-5-12-7-15-8-13(12)10-16;/h1-4,12-13,15H,5-10H2;1H. The van der Waals surface area contributed by atoms with Crippen molar-refractivity contribution in [1.82, 2.24) is 10.2 Å². The van der Waals surface area contributed by atoms with Crippen molar-refractivity contribution in [3.63, 3.8) is 0 Å². The van der Waals surface area contributed by atoms with Crippen LogP contribution in [-0.2, 0) is 6.54 Å². The van der Waals surface area contributed by atoms with Crippen molar-refractivity contribution >= 4 is 18.1 Å². The second-order valence-electron chi connectivity index (χ2n) is 5.63. The molecule has 2 aliphatic rings. The number of piperidine rings is 1. The molecule has 2 aliphatic heterocycles. The zero-order valence-electron chi connectivity index (χ0n) is 11.3. The fraction of sp³-hybridized carbons (Fsp3) is 0.571. The van der Waals surface area contributed by atoms with Gasteiger partial charge in [0.2, 0.25) is 0 Å². The first-order chi connectivity index (χ1) is 9.22. The molecule has 110 valence electrons. The Morgan fingerprint density at radius 1 is 1.25 bits per heavy atom. The smallest absolute Gasteiger partial charge is 0.269 e. The van der Waals surface area contributed by atoms with Crippen molar-refractivity contribution < 1.29 is 4.92 Å². The molecule has 2 atom stereocenters. The van der Waals surface area contributed by atoms with Crippen LogP contribution in [0.5, 0.6) is 0 Å². The highest BCUT2D eigenvalue weighted by molar-refractivity contribution is 5.85. The van der Waals surface area contributed by atoms with Crippen LogP contribution in [0.4, 0.5) is 5.69 Å². The number of rotatable bonds is 3. The van der Waals surface area contributed by atoms with E-state index in [0.717, 1.165) is 43.6 Å². The van der Waals surface area contributed by atoms with Gasteiger partial charge in [0.1, 0.15) is 0 Å². The van der Waals surface area contributed by atoms with Gasteiger partial charge >= 0.3 is 0 Å². The lowest BCUT2D eigenvalue weighted by Crippen LogP contribution is -2.39. The van der Waals surface area contributed by atoms with E-state index in [1.54, 1.807) is 12.1 Å². The van der Waals surface area contributed by atoms with Gasteiger partial charge in [-0.05, 0) is 43.5 Å². The number of benzene rings is 1. The normalized spacial score (nSPS) is 25.8. The molecule has 2 heterocycles. The van der Waals surface area contributed by atoms with E-state index < -0.39 is 0 Å². The molecule has 2 saturated heterocycles. The average molecular weight is 298 g/mol. The maximum Gasteiger partial charge on any atom is 0.269 e. The Morgan fingerprint density at radius 3 is 2.65 bits per heavy atom. The summed E-state index contributed by atoms with van der Waals surface area (Å²) >= 11 is 0. The van der Waals surface area contributed by atoms with E-state index in [1.165, 1.54) is 13.0 Å². The van der Waals surface area contributed by atoms with Crippen LogP contribution in [0, 0.1) is 22.0 Å². The van der Waals surface area contributed by atoms with E-state index in [-0.39, 0.29) is 23.0 Å². The van der Waals surface area contributed by atoms with E-state index >= 15 is 0 Å². The Kier molecular flexibility index (Phi) is 4.96. The highest BCUT2D eigenvalue weighted by Crippen LogP contribution is 2.27. The quantitative estimate of drug-likeness (QED) is 0.685. The van der Waals surface area contributed by atoms with Gasteiger partial charge in [-0.3, -0.25) is 15.0 Å². The second kappa shape index (κ2) is 6.52. The number of halogens is 1. The van der Waals surface area contributed by atoms with Crippen LogP contribution in [0.25, 0.3) is 0 Å². The summed E-state index contributed by atoms with van der Waals surface area (Å²) < 4.78 is 0. The maximum atomic E-state index is 10.6. The number of likely N-dealkylation sites (tertiary alicyclic amines) is 1. The van der Waals surface area contributed by atoms with Crippen LogP contribution < -0.4 is 5.32 Å².